The van der Waals surface area contributed by atoms with Crippen molar-refractivity contribution in [2.75, 3.05) is 17.7 Å². The van der Waals surface area contributed by atoms with Gasteiger partial charge < -0.3 is 15.4 Å². The zero-order valence-electron chi connectivity index (χ0n) is 11.4. The lowest BCUT2D eigenvalue weighted by Crippen LogP contribution is -2.35. The van der Waals surface area contributed by atoms with Crippen molar-refractivity contribution < 1.29 is 14.3 Å². The van der Waals surface area contributed by atoms with Crippen molar-refractivity contribution in [1.82, 2.24) is 5.32 Å². The molecule has 0 aliphatic heterocycles. The molecule has 0 bridgehead atoms. The molecule has 1 rings (SSSR count). The average Bonchev–Trinajstić information content (AvgIpc) is 2.41. The molecule has 0 aliphatic carbocycles. The summed E-state index contributed by atoms with van der Waals surface area (Å²) < 4.78 is 4.47. The molecule has 0 saturated heterocycles. The number of hydrogen-bond donors (Lipinski definition) is 3. The summed E-state index contributed by atoms with van der Waals surface area (Å²) >= 11 is 0. The molecule has 0 saturated carbocycles. The van der Waals surface area contributed by atoms with Crippen LogP contribution in [0, 0.1) is 12.3 Å². The van der Waals surface area contributed by atoms with Crippen LogP contribution in [-0.2, 0) is 4.74 Å². The second-order valence-corrected chi connectivity index (χ2v) is 4.10. The molecular weight excluding hydrogens is 258 g/mol. The Bertz CT molecular complexity index is 505. The summed E-state index contributed by atoms with van der Waals surface area (Å²) in [4.78, 5) is 22.6. The van der Waals surface area contributed by atoms with Gasteiger partial charge >= 0.3 is 12.1 Å². The van der Waals surface area contributed by atoms with E-state index in [-0.39, 0.29) is 12.1 Å². The Morgan fingerprint density at radius 1 is 1.25 bits per heavy atom. The molecule has 6 heteroatoms. The number of amides is 3. The summed E-state index contributed by atoms with van der Waals surface area (Å²) in [6.45, 7) is 1.82. The smallest absolute Gasteiger partial charge is 0.411 e. The second-order valence-electron chi connectivity index (χ2n) is 4.10. The van der Waals surface area contributed by atoms with Gasteiger partial charge in [0.2, 0.25) is 0 Å². The molecule has 3 N–H and O–H groups in total. The molecule has 0 aliphatic rings. The van der Waals surface area contributed by atoms with Gasteiger partial charge in [0.1, 0.15) is 0 Å². The van der Waals surface area contributed by atoms with Crippen molar-refractivity contribution in [3.8, 4) is 12.3 Å². The van der Waals surface area contributed by atoms with Crippen LogP contribution in [0.3, 0.4) is 0 Å². The highest BCUT2D eigenvalue weighted by Gasteiger charge is 2.06. The van der Waals surface area contributed by atoms with Gasteiger partial charge in [0, 0.05) is 23.8 Å². The van der Waals surface area contributed by atoms with Crippen LogP contribution in [0.5, 0.6) is 0 Å². The van der Waals surface area contributed by atoms with Gasteiger partial charge in [-0.3, -0.25) is 5.32 Å². The van der Waals surface area contributed by atoms with Gasteiger partial charge in [-0.1, -0.05) is 0 Å². The first kappa shape index (κ1) is 15.4. The van der Waals surface area contributed by atoms with E-state index in [1.807, 2.05) is 6.92 Å². The lowest BCUT2D eigenvalue weighted by atomic mass is 10.2. The van der Waals surface area contributed by atoms with Crippen molar-refractivity contribution in [3.05, 3.63) is 24.3 Å². The number of carbonyl (C=O) groups excluding carboxylic acids is 2. The number of hydrogen-bond acceptors (Lipinski definition) is 3. The molecule has 0 radical (unpaired) electrons. The first-order valence-electron chi connectivity index (χ1n) is 6.01. The van der Waals surface area contributed by atoms with Crippen molar-refractivity contribution >= 4 is 23.5 Å². The minimum absolute atomic E-state index is 0.0970. The predicted molar refractivity (Wildman–Crippen MR) is 77.5 cm³/mol. The van der Waals surface area contributed by atoms with Crippen LogP contribution >= 0.6 is 0 Å². The molecule has 3 amide bonds. The standard InChI is InChI=1S/C14H17N3O3/c1-4-5-10(2)15-13(18)16-11-6-8-12(9-7-11)17-14(19)20-3/h1,6-10H,5H2,2-3H3,(H,17,19)(H2,15,16,18)/t10-/m1/s1. The maximum atomic E-state index is 11.6. The third kappa shape index (κ3) is 5.31. The first-order chi connectivity index (χ1) is 9.55. The van der Waals surface area contributed by atoms with Crippen LogP contribution in [0.1, 0.15) is 13.3 Å². The average molecular weight is 275 g/mol. The number of rotatable bonds is 4. The van der Waals surface area contributed by atoms with E-state index in [1.54, 1.807) is 24.3 Å². The van der Waals surface area contributed by atoms with Gasteiger partial charge in [-0.25, -0.2) is 9.59 Å². The molecule has 0 spiro atoms. The summed E-state index contributed by atoms with van der Waals surface area (Å²) in [6.07, 6.45) is 5.08. The highest BCUT2D eigenvalue weighted by molar-refractivity contribution is 5.90. The molecule has 6 nitrogen and oxygen atoms in total. The highest BCUT2D eigenvalue weighted by atomic mass is 16.5. The van der Waals surface area contributed by atoms with Gasteiger partial charge in [0.05, 0.1) is 7.11 Å². The zero-order valence-corrected chi connectivity index (χ0v) is 11.4. The number of urea groups is 1. The molecule has 1 aromatic carbocycles. The van der Waals surface area contributed by atoms with E-state index in [2.05, 4.69) is 26.6 Å². The number of benzene rings is 1. The molecular formula is C14H17N3O3. The highest BCUT2D eigenvalue weighted by Crippen LogP contribution is 2.13. The van der Waals surface area contributed by atoms with E-state index in [0.29, 0.717) is 17.8 Å². The van der Waals surface area contributed by atoms with Crippen LogP contribution in [0.2, 0.25) is 0 Å². The fourth-order valence-electron chi connectivity index (χ4n) is 1.42. The molecule has 1 atom stereocenters. The third-order valence-corrected chi connectivity index (χ3v) is 2.38. The molecule has 106 valence electrons. The van der Waals surface area contributed by atoms with Crippen LogP contribution in [0.4, 0.5) is 21.0 Å². The van der Waals surface area contributed by atoms with E-state index >= 15 is 0 Å². The Morgan fingerprint density at radius 3 is 2.30 bits per heavy atom. The van der Waals surface area contributed by atoms with Gasteiger partial charge in [0.15, 0.2) is 0 Å². The van der Waals surface area contributed by atoms with Gasteiger partial charge in [-0.2, -0.15) is 0 Å². The predicted octanol–water partition coefficient (Wildman–Crippen LogP) is 2.40. The summed E-state index contributed by atoms with van der Waals surface area (Å²) in [5, 5.41) is 7.88. The first-order valence-corrected chi connectivity index (χ1v) is 6.01. The Morgan fingerprint density at radius 2 is 1.80 bits per heavy atom. The Hall–Kier alpha value is -2.68. The van der Waals surface area contributed by atoms with Crippen LogP contribution < -0.4 is 16.0 Å². The van der Waals surface area contributed by atoms with Crippen molar-refractivity contribution in [2.24, 2.45) is 0 Å². The molecule has 1 aromatic rings. The number of nitrogens with one attached hydrogen (secondary N) is 3. The Labute approximate surface area is 117 Å². The topological polar surface area (TPSA) is 79.5 Å². The fourth-order valence-corrected chi connectivity index (χ4v) is 1.42. The third-order valence-electron chi connectivity index (χ3n) is 2.38. The zero-order chi connectivity index (χ0) is 15.0. The maximum absolute atomic E-state index is 11.6. The fraction of sp³-hybridized carbons (Fsp3) is 0.286. The summed E-state index contributed by atoms with van der Waals surface area (Å²) in [5.41, 5.74) is 1.18. The summed E-state index contributed by atoms with van der Waals surface area (Å²) in [7, 11) is 1.28. The largest absolute Gasteiger partial charge is 0.453 e. The minimum atomic E-state index is -0.549. The van der Waals surface area contributed by atoms with E-state index < -0.39 is 6.09 Å². The number of ether oxygens (including phenoxy) is 1. The molecule has 0 fully saturated rings. The Balaban J connectivity index is 2.51. The maximum Gasteiger partial charge on any atom is 0.411 e. The number of anilines is 2. The monoisotopic (exact) mass is 275 g/mol. The van der Waals surface area contributed by atoms with E-state index in [4.69, 9.17) is 6.42 Å². The summed E-state index contributed by atoms with van der Waals surface area (Å²) in [5.74, 6) is 2.47. The number of methoxy groups -OCH3 is 1. The quantitative estimate of drug-likeness (QED) is 0.738. The number of carbonyl (C=O) groups is 2. The van der Waals surface area contributed by atoms with E-state index in [9.17, 15) is 9.59 Å². The lowest BCUT2D eigenvalue weighted by molar-refractivity contribution is 0.187. The summed E-state index contributed by atoms with van der Waals surface area (Å²) in [6, 6.07) is 6.20. The second kappa shape index (κ2) is 7.69. The Kier molecular flexibility index (Phi) is 5.91. The van der Waals surface area contributed by atoms with Crippen molar-refractivity contribution in [2.45, 2.75) is 19.4 Å². The van der Waals surface area contributed by atoms with Crippen LogP contribution in [-0.4, -0.2) is 25.3 Å². The van der Waals surface area contributed by atoms with Gasteiger partial charge in [0.25, 0.3) is 0 Å². The lowest BCUT2D eigenvalue weighted by Gasteiger charge is -2.12. The number of terminal acetylenes is 1. The molecule has 0 heterocycles. The van der Waals surface area contributed by atoms with Crippen LogP contribution in [0.25, 0.3) is 0 Å². The van der Waals surface area contributed by atoms with Crippen LogP contribution in [0.15, 0.2) is 24.3 Å². The minimum Gasteiger partial charge on any atom is -0.453 e. The molecule has 0 aromatic heterocycles. The van der Waals surface area contributed by atoms with Crippen molar-refractivity contribution in [1.29, 1.82) is 0 Å². The SMILES string of the molecule is C#CC[C@@H](C)NC(=O)Nc1ccc(NC(=O)OC)cc1. The molecule has 20 heavy (non-hydrogen) atoms. The van der Waals surface area contributed by atoms with Gasteiger partial charge in [-0.05, 0) is 31.2 Å². The normalized spacial score (nSPS) is 10.8. The van der Waals surface area contributed by atoms with E-state index in [1.165, 1.54) is 7.11 Å². The van der Waals surface area contributed by atoms with Gasteiger partial charge in [-0.15, -0.1) is 12.3 Å². The molecule has 0 unspecified atom stereocenters. The van der Waals surface area contributed by atoms with Crippen molar-refractivity contribution in [3.63, 3.8) is 0 Å². The van der Waals surface area contributed by atoms with E-state index in [0.717, 1.165) is 0 Å².